The minimum absolute atomic E-state index is 0.794. The number of halogens is 2. The fourth-order valence-corrected chi connectivity index (χ4v) is 3.92. The first kappa shape index (κ1) is 13.3. The van der Waals surface area contributed by atoms with Crippen LogP contribution in [0, 0.1) is 3.57 Å². The van der Waals surface area contributed by atoms with Crippen LogP contribution >= 0.6 is 45.5 Å². The lowest BCUT2D eigenvalue weighted by Gasteiger charge is -2.02. The Hall–Kier alpha value is -0.100. The van der Waals surface area contributed by atoms with Gasteiger partial charge >= 0.3 is 0 Å². The molecule has 90 valence electrons. The van der Waals surface area contributed by atoms with E-state index in [1.165, 1.54) is 18.9 Å². The van der Waals surface area contributed by atoms with Gasteiger partial charge in [0.15, 0.2) is 0 Å². The van der Waals surface area contributed by atoms with Crippen molar-refractivity contribution in [1.82, 2.24) is 5.32 Å². The second kappa shape index (κ2) is 6.18. The van der Waals surface area contributed by atoms with Crippen LogP contribution in [0.4, 0.5) is 0 Å². The molecule has 2 aromatic rings. The third-order valence-corrected chi connectivity index (χ3v) is 4.65. The molecule has 17 heavy (non-hydrogen) atoms. The summed E-state index contributed by atoms with van der Waals surface area (Å²) in [5.41, 5.74) is 1.27. The van der Waals surface area contributed by atoms with Crippen LogP contribution in [0.2, 0.25) is 5.02 Å². The molecule has 1 aromatic heterocycles. The molecule has 0 aliphatic rings. The van der Waals surface area contributed by atoms with E-state index in [0.717, 1.165) is 18.1 Å². The predicted molar refractivity (Wildman–Crippen MR) is 84.9 cm³/mol. The van der Waals surface area contributed by atoms with E-state index >= 15 is 0 Å². The summed E-state index contributed by atoms with van der Waals surface area (Å²) >= 11 is 10.1. The van der Waals surface area contributed by atoms with E-state index in [4.69, 9.17) is 11.6 Å². The summed E-state index contributed by atoms with van der Waals surface area (Å²) in [6, 6.07) is 10.4. The molecule has 1 nitrogen and oxygen atoms in total. The zero-order valence-corrected chi connectivity index (χ0v) is 13.2. The average molecular weight is 378 g/mol. The Bertz CT molecular complexity index is 510. The van der Waals surface area contributed by atoms with Gasteiger partial charge in [0.25, 0.3) is 0 Å². The van der Waals surface area contributed by atoms with Gasteiger partial charge in [-0.2, -0.15) is 0 Å². The minimum Gasteiger partial charge on any atom is -0.312 e. The zero-order valence-electron chi connectivity index (χ0n) is 9.47. The molecule has 1 N–H and O–H groups in total. The summed E-state index contributed by atoms with van der Waals surface area (Å²) in [5.74, 6) is 0. The topological polar surface area (TPSA) is 12.0 Å². The Labute approximate surface area is 124 Å². The third kappa shape index (κ3) is 3.44. The van der Waals surface area contributed by atoms with Crippen molar-refractivity contribution in [3.63, 3.8) is 0 Å². The fraction of sp³-hybridized carbons (Fsp3) is 0.231. The van der Waals surface area contributed by atoms with Gasteiger partial charge in [-0.25, -0.2) is 0 Å². The van der Waals surface area contributed by atoms with Gasteiger partial charge in [-0.05, 0) is 53.4 Å². The van der Waals surface area contributed by atoms with Crippen molar-refractivity contribution < 1.29 is 0 Å². The van der Waals surface area contributed by atoms with E-state index in [1.807, 2.05) is 23.5 Å². The van der Waals surface area contributed by atoms with Crippen molar-refractivity contribution >= 4 is 45.5 Å². The number of hydrogen-bond acceptors (Lipinski definition) is 2. The molecule has 4 heteroatoms. The van der Waals surface area contributed by atoms with Crippen LogP contribution in [0.15, 0.2) is 30.3 Å². The number of nitrogens with one attached hydrogen (secondary N) is 1. The van der Waals surface area contributed by atoms with Gasteiger partial charge in [-0.1, -0.05) is 24.6 Å². The van der Waals surface area contributed by atoms with Crippen molar-refractivity contribution in [2.45, 2.75) is 13.5 Å². The highest BCUT2D eigenvalue weighted by atomic mass is 127. The van der Waals surface area contributed by atoms with Crippen LogP contribution in [0.1, 0.15) is 11.8 Å². The molecule has 0 unspecified atom stereocenters. The molecule has 2 rings (SSSR count). The standard InChI is InChI=1S/C13H13ClINS/c1-2-16-8-10-4-6-13(17-10)11-5-3-9(14)7-12(11)15/h3-7,16H,2,8H2,1H3. The van der Waals surface area contributed by atoms with E-state index in [-0.39, 0.29) is 0 Å². The highest BCUT2D eigenvalue weighted by Crippen LogP contribution is 2.32. The lowest BCUT2D eigenvalue weighted by molar-refractivity contribution is 0.735. The van der Waals surface area contributed by atoms with Crippen molar-refractivity contribution in [1.29, 1.82) is 0 Å². The Morgan fingerprint density at radius 3 is 2.82 bits per heavy atom. The molecule has 0 atom stereocenters. The van der Waals surface area contributed by atoms with Gasteiger partial charge in [0, 0.05) is 30.5 Å². The second-order valence-corrected chi connectivity index (χ2v) is 6.44. The number of hydrogen-bond donors (Lipinski definition) is 1. The Morgan fingerprint density at radius 2 is 2.12 bits per heavy atom. The molecule has 1 aromatic carbocycles. The van der Waals surface area contributed by atoms with E-state index in [0.29, 0.717) is 0 Å². The van der Waals surface area contributed by atoms with Crippen LogP contribution in [0.5, 0.6) is 0 Å². The fourth-order valence-electron chi connectivity index (χ4n) is 1.56. The molecule has 0 spiro atoms. The lowest BCUT2D eigenvalue weighted by Crippen LogP contribution is -2.10. The van der Waals surface area contributed by atoms with Gasteiger partial charge in [0.05, 0.1) is 0 Å². The zero-order chi connectivity index (χ0) is 12.3. The Kier molecular flexibility index (Phi) is 4.85. The molecule has 0 amide bonds. The van der Waals surface area contributed by atoms with Crippen molar-refractivity contribution in [3.8, 4) is 10.4 Å². The van der Waals surface area contributed by atoms with Crippen LogP contribution in [0.3, 0.4) is 0 Å². The molecular formula is C13H13ClINS. The molecule has 0 aliphatic carbocycles. The minimum atomic E-state index is 0.794. The monoisotopic (exact) mass is 377 g/mol. The summed E-state index contributed by atoms with van der Waals surface area (Å²) < 4.78 is 1.20. The maximum Gasteiger partial charge on any atom is 0.0416 e. The summed E-state index contributed by atoms with van der Waals surface area (Å²) in [6.07, 6.45) is 0. The normalized spacial score (nSPS) is 10.8. The van der Waals surface area contributed by atoms with Gasteiger partial charge in [0.1, 0.15) is 0 Å². The predicted octanol–water partition coefficient (Wildman–Crippen LogP) is 4.78. The van der Waals surface area contributed by atoms with E-state index in [2.05, 4.69) is 53.0 Å². The molecule has 0 aliphatic heterocycles. The molecule has 0 fully saturated rings. The lowest BCUT2D eigenvalue weighted by atomic mass is 10.2. The molecule has 1 heterocycles. The van der Waals surface area contributed by atoms with E-state index < -0.39 is 0 Å². The molecular weight excluding hydrogens is 365 g/mol. The number of rotatable bonds is 4. The first-order chi connectivity index (χ1) is 8.20. The maximum absolute atomic E-state index is 5.97. The highest BCUT2D eigenvalue weighted by Gasteiger charge is 2.06. The first-order valence-corrected chi connectivity index (χ1v) is 7.73. The first-order valence-electron chi connectivity index (χ1n) is 5.45. The summed E-state index contributed by atoms with van der Waals surface area (Å²) in [5, 5.41) is 4.13. The summed E-state index contributed by atoms with van der Waals surface area (Å²) in [7, 11) is 0. The average Bonchev–Trinajstić information content (AvgIpc) is 2.75. The molecule has 0 saturated heterocycles. The summed E-state index contributed by atoms with van der Waals surface area (Å²) in [6.45, 7) is 4.08. The smallest absolute Gasteiger partial charge is 0.0416 e. The van der Waals surface area contributed by atoms with Crippen LogP contribution < -0.4 is 5.32 Å². The van der Waals surface area contributed by atoms with Crippen LogP contribution in [0.25, 0.3) is 10.4 Å². The van der Waals surface area contributed by atoms with Crippen LogP contribution in [-0.4, -0.2) is 6.54 Å². The molecule has 0 saturated carbocycles. The number of benzene rings is 1. The SMILES string of the molecule is CCNCc1ccc(-c2ccc(Cl)cc2I)s1. The quantitative estimate of drug-likeness (QED) is 0.756. The third-order valence-electron chi connectivity index (χ3n) is 2.41. The van der Waals surface area contributed by atoms with Crippen molar-refractivity contribution in [2.24, 2.45) is 0 Å². The number of thiophene rings is 1. The van der Waals surface area contributed by atoms with Gasteiger partial charge < -0.3 is 5.32 Å². The van der Waals surface area contributed by atoms with Gasteiger partial charge in [-0.15, -0.1) is 11.3 Å². The molecule has 0 radical (unpaired) electrons. The largest absolute Gasteiger partial charge is 0.312 e. The Morgan fingerprint density at radius 1 is 1.29 bits per heavy atom. The van der Waals surface area contributed by atoms with E-state index in [9.17, 15) is 0 Å². The summed E-state index contributed by atoms with van der Waals surface area (Å²) in [4.78, 5) is 2.67. The maximum atomic E-state index is 5.97. The Balaban J connectivity index is 2.24. The van der Waals surface area contributed by atoms with Crippen molar-refractivity contribution in [3.05, 3.63) is 43.8 Å². The van der Waals surface area contributed by atoms with Crippen LogP contribution in [-0.2, 0) is 6.54 Å². The van der Waals surface area contributed by atoms with Gasteiger partial charge in [-0.3, -0.25) is 0 Å². The van der Waals surface area contributed by atoms with Gasteiger partial charge in [0.2, 0.25) is 0 Å². The second-order valence-electron chi connectivity index (χ2n) is 3.67. The molecule has 0 bridgehead atoms. The van der Waals surface area contributed by atoms with E-state index in [1.54, 1.807) is 0 Å². The highest BCUT2D eigenvalue weighted by molar-refractivity contribution is 14.1. The van der Waals surface area contributed by atoms with Crippen molar-refractivity contribution in [2.75, 3.05) is 6.54 Å².